The predicted molar refractivity (Wildman–Crippen MR) is 103 cm³/mol. The van der Waals surface area contributed by atoms with E-state index in [1.165, 1.54) is 18.2 Å². The normalized spacial score (nSPS) is 19.4. The van der Waals surface area contributed by atoms with Crippen molar-refractivity contribution in [3.05, 3.63) is 59.4 Å². The number of nitrogens with one attached hydrogen (secondary N) is 2. The minimum Gasteiger partial charge on any atom is -0.395 e. The largest absolute Gasteiger partial charge is 0.395 e. The molecule has 1 fully saturated rings. The van der Waals surface area contributed by atoms with Gasteiger partial charge >= 0.3 is 0 Å². The quantitative estimate of drug-likeness (QED) is 0.567. The number of fused-ring (bicyclic) bond motifs is 1. The van der Waals surface area contributed by atoms with E-state index in [0.29, 0.717) is 35.0 Å². The van der Waals surface area contributed by atoms with Crippen LogP contribution in [0.2, 0.25) is 0 Å². The molecule has 0 amide bonds. The van der Waals surface area contributed by atoms with E-state index >= 15 is 0 Å². The highest BCUT2D eigenvalue weighted by Crippen LogP contribution is 2.45. The highest BCUT2D eigenvalue weighted by atomic mass is 32.2. The van der Waals surface area contributed by atoms with Crippen LogP contribution in [-0.2, 0) is 10.0 Å². The average Bonchev–Trinajstić information content (AvgIpc) is 2.97. The lowest BCUT2D eigenvalue weighted by Crippen LogP contribution is -2.44. The Balaban J connectivity index is 1.71. The second-order valence-electron chi connectivity index (χ2n) is 7.26. The van der Waals surface area contributed by atoms with Gasteiger partial charge in [0.05, 0.1) is 23.6 Å². The molecule has 1 aliphatic rings. The first kappa shape index (κ1) is 19.9. The van der Waals surface area contributed by atoms with Crippen LogP contribution in [0.1, 0.15) is 24.3 Å². The number of benzene rings is 2. The lowest BCUT2D eigenvalue weighted by Gasteiger charge is -2.36. The maximum atomic E-state index is 14.3. The standard InChI is InChI=1S/C20H19F3N2O3S/c21-13-3-1-11(2-4-13)19-18(16-9-14(22)10-17(23)20(16)24-19)12-7-15(8-12)25-29(27,28)6-5-26/h1-4,9-10,12,15,24-26H,5-8H2. The predicted octanol–water partition coefficient (Wildman–Crippen LogP) is 3.41. The van der Waals surface area contributed by atoms with Gasteiger partial charge in [-0.15, -0.1) is 0 Å². The fourth-order valence-electron chi connectivity index (χ4n) is 3.89. The summed E-state index contributed by atoms with van der Waals surface area (Å²) in [7, 11) is -3.58. The molecule has 1 saturated carbocycles. The molecule has 1 aliphatic carbocycles. The number of aromatic amines is 1. The van der Waals surface area contributed by atoms with Crippen molar-refractivity contribution in [2.24, 2.45) is 0 Å². The van der Waals surface area contributed by atoms with E-state index in [1.54, 1.807) is 12.1 Å². The van der Waals surface area contributed by atoms with Crippen LogP contribution in [0.25, 0.3) is 22.2 Å². The highest BCUT2D eigenvalue weighted by molar-refractivity contribution is 7.89. The van der Waals surface area contributed by atoms with Crippen LogP contribution in [0.5, 0.6) is 0 Å². The molecule has 154 valence electrons. The first-order valence-corrected chi connectivity index (χ1v) is 10.8. The lowest BCUT2D eigenvalue weighted by atomic mass is 9.74. The van der Waals surface area contributed by atoms with Crippen molar-refractivity contribution in [3.63, 3.8) is 0 Å². The van der Waals surface area contributed by atoms with Gasteiger partial charge < -0.3 is 10.1 Å². The maximum Gasteiger partial charge on any atom is 0.214 e. The van der Waals surface area contributed by atoms with Crippen LogP contribution in [0.15, 0.2) is 36.4 Å². The van der Waals surface area contributed by atoms with Gasteiger partial charge in [-0.05, 0) is 60.2 Å². The Labute approximate surface area is 165 Å². The van der Waals surface area contributed by atoms with E-state index in [0.717, 1.165) is 6.07 Å². The van der Waals surface area contributed by atoms with Gasteiger partial charge in [0, 0.05) is 17.5 Å². The molecule has 29 heavy (non-hydrogen) atoms. The van der Waals surface area contributed by atoms with Crippen molar-refractivity contribution in [1.29, 1.82) is 0 Å². The summed E-state index contributed by atoms with van der Waals surface area (Å²) in [6.07, 6.45) is 0.897. The number of hydrogen-bond acceptors (Lipinski definition) is 3. The van der Waals surface area contributed by atoms with Gasteiger partial charge in [0.25, 0.3) is 0 Å². The molecular formula is C20H19F3N2O3S. The second kappa shape index (κ2) is 7.47. The van der Waals surface area contributed by atoms with Crippen LogP contribution >= 0.6 is 0 Å². The molecule has 0 radical (unpaired) electrons. The van der Waals surface area contributed by atoms with E-state index in [2.05, 4.69) is 9.71 Å². The number of sulfonamides is 1. The molecule has 3 aromatic rings. The Hall–Kier alpha value is -2.36. The summed E-state index contributed by atoms with van der Waals surface area (Å²) in [5.74, 6) is -2.36. The fourth-order valence-corrected chi connectivity index (χ4v) is 4.95. The number of aliphatic hydroxyl groups is 1. The van der Waals surface area contributed by atoms with Crippen LogP contribution in [-0.4, -0.2) is 36.9 Å². The summed E-state index contributed by atoms with van der Waals surface area (Å²) >= 11 is 0. The molecule has 0 aliphatic heterocycles. The zero-order valence-electron chi connectivity index (χ0n) is 15.3. The Kier molecular flexibility index (Phi) is 5.14. The molecule has 1 heterocycles. The van der Waals surface area contributed by atoms with Gasteiger partial charge in [-0.3, -0.25) is 0 Å². The van der Waals surface area contributed by atoms with Crippen molar-refractivity contribution in [2.45, 2.75) is 24.8 Å². The van der Waals surface area contributed by atoms with Crippen molar-refractivity contribution in [1.82, 2.24) is 9.71 Å². The third kappa shape index (κ3) is 3.90. The number of aliphatic hydroxyl groups excluding tert-OH is 1. The van der Waals surface area contributed by atoms with Crippen molar-refractivity contribution in [3.8, 4) is 11.3 Å². The molecule has 5 nitrogen and oxygen atoms in total. The minimum absolute atomic E-state index is 0.133. The Morgan fingerprint density at radius 2 is 1.76 bits per heavy atom. The van der Waals surface area contributed by atoms with Gasteiger partial charge in [0.15, 0.2) is 0 Å². The SMILES string of the molecule is O=S(=O)(CCO)NC1CC(c2c(-c3ccc(F)cc3)[nH]c3c(F)cc(F)cc23)C1. The van der Waals surface area contributed by atoms with Crippen LogP contribution in [0.4, 0.5) is 13.2 Å². The highest BCUT2D eigenvalue weighted by Gasteiger charge is 2.36. The maximum absolute atomic E-state index is 14.3. The van der Waals surface area contributed by atoms with Crippen LogP contribution < -0.4 is 4.72 Å². The molecule has 0 atom stereocenters. The number of H-pyrrole nitrogens is 1. The van der Waals surface area contributed by atoms with Crippen LogP contribution in [0, 0.1) is 17.5 Å². The van der Waals surface area contributed by atoms with Gasteiger partial charge in [-0.2, -0.15) is 0 Å². The molecule has 9 heteroatoms. The fraction of sp³-hybridized carbons (Fsp3) is 0.300. The molecule has 1 aromatic heterocycles. The molecule has 2 aromatic carbocycles. The van der Waals surface area contributed by atoms with Crippen molar-refractivity contribution in [2.75, 3.05) is 12.4 Å². The first-order chi connectivity index (χ1) is 13.8. The summed E-state index contributed by atoms with van der Waals surface area (Å²) in [5.41, 5.74) is 2.03. The second-order valence-corrected chi connectivity index (χ2v) is 9.13. The zero-order chi connectivity index (χ0) is 20.8. The topological polar surface area (TPSA) is 82.2 Å². The first-order valence-electron chi connectivity index (χ1n) is 9.15. The summed E-state index contributed by atoms with van der Waals surface area (Å²) in [6, 6.07) is 7.41. The molecule has 3 N–H and O–H groups in total. The molecular weight excluding hydrogens is 405 g/mol. The molecule has 0 unspecified atom stereocenters. The lowest BCUT2D eigenvalue weighted by molar-refractivity contribution is 0.311. The molecule has 0 saturated heterocycles. The van der Waals surface area contributed by atoms with Crippen molar-refractivity contribution >= 4 is 20.9 Å². The monoisotopic (exact) mass is 424 g/mol. The summed E-state index contributed by atoms with van der Waals surface area (Å²) in [4.78, 5) is 2.99. The summed E-state index contributed by atoms with van der Waals surface area (Å²) in [6.45, 7) is -0.471. The third-order valence-corrected chi connectivity index (χ3v) is 6.66. The van der Waals surface area contributed by atoms with E-state index in [9.17, 15) is 21.6 Å². The molecule has 0 bridgehead atoms. The third-order valence-electron chi connectivity index (χ3n) is 5.25. The Bertz CT molecular complexity index is 1150. The van der Waals surface area contributed by atoms with E-state index in [4.69, 9.17) is 5.11 Å². The van der Waals surface area contributed by atoms with Gasteiger partial charge in [-0.25, -0.2) is 26.3 Å². The number of halogens is 3. The summed E-state index contributed by atoms with van der Waals surface area (Å²) < 4.78 is 67.8. The van der Waals surface area contributed by atoms with Crippen LogP contribution in [0.3, 0.4) is 0 Å². The molecule has 4 rings (SSSR count). The number of aromatic nitrogens is 1. The van der Waals surface area contributed by atoms with Gasteiger partial charge in [0.1, 0.15) is 17.5 Å². The van der Waals surface area contributed by atoms with E-state index < -0.39 is 34.1 Å². The minimum atomic E-state index is -3.58. The average molecular weight is 424 g/mol. The zero-order valence-corrected chi connectivity index (χ0v) is 16.1. The number of rotatable bonds is 6. The van der Waals surface area contributed by atoms with E-state index in [-0.39, 0.29) is 23.2 Å². The summed E-state index contributed by atoms with van der Waals surface area (Å²) in [5, 5.41) is 9.23. The smallest absolute Gasteiger partial charge is 0.214 e. The van der Waals surface area contributed by atoms with Crippen molar-refractivity contribution < 1.29 is 26.7 Å². The molecule has 0 spiro atoms. The Morgan fingerprint density at radius 1 is 1.07 bits per heavy atom. The Morgan fingerprint density at radius 3 is 2.41 bits per heavy atom. The number of hydrogen-bond donors (Lipinski definition) is 3. The van der Waals surface area contributed by atoms with Gasteiger partial charge in [-0.1, -0.05) is 0 Å². The van der Waals surface area contributed by atoms with E-state index in [1.807, 2.05) is 0 Å². The van der Waals surface area contributed by atoms with Gasteiger partial charge in [0.2, 0.25) is 10.0 Å².